The monoisotopic (exact) mass is 333 g/mol. The van der Waals surface area contributed by atoms with E-state index in [9.17, 15) is 9.59 Å². The molecule has 0 radical (unpaired) electrons. The number of carbonyl (C=O) groups is 2. The zero-order valence-electron chi connectivity index (χ0n) is 12.8. The zero-order valence-corrected chi connectivity index (χ0v) is 13.6. The van der Waals surface area contributed by atoms with Crippen LogP contribution < -0.4 is 5.32 Å². The Kier molecular flexibility index (Phi) is 4.99. The summed E-state index contributed by atoms with van der Waals surface area (Å²) in [6.45, 7) is 0. The van der Waals surface area contributed by atoms with E-state index in [1.54, 1.807) is 42.5 Å². The summed E-state index contributed by atoms with van der Waals surface area (Å²) in [5, 5.41) is 6.59. The number of anilines is 1. The van der Waals surface area contributed by atoms with Gasteiger partial charge in [-0.3, -0.25) is 9.59 Å². The van der Waals surface area contributed by atoms with Gasteiger partial charge in [-0.05, 0) is 40.6 Å². The fraction of sp³-hybridized carbons (Fsp3) is 0. The van der Waals surface area contributed by atoms with Crippen molar-refractivity contribution in [3.63, 3.8) is 0 Å². The first-order chi connectivity index (χ1) is 11.7. The Balaban J connectivity index is 1.93. The third-order valence-corrected chi connectivity index (χ3v) is 4.11. The number of benzene rings is 2. The van der Waals surface area contributed by atoms with Crippen LogP contribution in [-0.4, -0.2) is 11.7 Å². The predicted molar refractivity (Wildman–Crippen MR) is 98.1 cm³/mol. The topological polar surface area (TPSA) is 46.2 Å². The highest BCUT2D eigenvalue weighted by atomic mass is 32.1. The van der Waals surface area contributed by atoms with Crippen LogP contribution in [0.2, 0.25) is 0 Å². The Morgan fingerprint density at radius 2 is 1.54 bits per heavy atom. The summed E-state index contributed by atoms with van der Waals surface area (Å²) in [7, 11) is 0. The van der Waals surface area contributed by atoms with Crippen molar-refractivity contribution < 1.29 is 9.59 Å². The number of carbonyl (C=O) groups excluding carboxylic acids is 2. The van der Waals surface area contributed by atoms with Crippen LogP contribution in [0.1, 0.15) is 15.9 Å². The van der Waals surface area contributed by atoms with Crippen LogP contribution in [0.15, 0.2) is 83.1 Å². The van der Waals surface area contributed by atoms with Gasteiger partial charge < -0.3 is 5.32 Å². The number of ketones is 1. The highest BCUT2D eigenvalue weighted by molar-refractivity contribution is 7.08. The van der Waals surface area contributed by atoms with Gasteiger partial charge in [-0.15, -0.1) is 0 Å². The van der Waals surface area contributed by atoms with Crippen molar-refractivity contribution in [2.45, 2.75) is 0 Å². The average Bonchev–Trinajstić information content (AvgIpc) is 3.14. The smallest absolute Gasteiger partial charge is 0.259 e. The van der Waals surface area contributed by atoms with E-state index >= 15 is 0 Å². The molecule has 0 aliphatic rings. The summed E-state index contributed by atoms with van der Waals surface area (Å²) in [5.41, 5.74) is 2.09. The first kappa shape index (κ1) is 15.9. The van der Waals surface area contributed by atoms with Gasteiger partial charge >= 0.3 is 0 Å². The average molecular weight is 333 g/mol. The van der Waals surface area contributed by atoms with Crippen molar-refractivity contribution in [2.75, 3.05) is 5.32 Å². The molecule has 4 heteroatoms. The van der Waals surface area contributed by atoms with Crippen molar-refractivity contribution in [1.82, 2.24) is 0 Å². The van der Waals surface area contributed by atoms with Gasteiger partial charge in [0.1, 0.15) is 0 Å². The lowest BCUT2D eigenvalue weighted by atomic mass is 10.0. The van der Waals surface area contributed by atoms with Crippen LogP contribution in [0.25, 0.3) is 6.08 Å². The van der Waals surface area contributed by atoms with Crippen molar-refractivity contribution in [3.05, 3.63) is 94.2 Å². The first-order valence-electron chi connectivity index (χ1n) is 7.44. The normalized spacial score (nSPS) is 11.1. The molecule has 1 heterocycles. The lowest BCUT2D eigenvalue weighted by molar-refractivity contribution is -0.112. The van der Waals surface area contributed by atoms with Gasteiger partial charge in [0.25, 0.3) is 5.91 Å². The molecule has 1 aromatic heterocycles. The largest absolute Gasteiger partial charge is 0.322 e. The van der Waals surface area contributed by atoms with Crippen LogP contribution in [0.4, 0.5) is 5.69 Å². The fourth-order valence-corrected chi connectivity index (χ4v) is 2.84. The Labute approximate surface area is 144 Å². The molecule has 0 fully saturated rings. The van der Waals surface area contributed by atoms with Gasteiger partial charge in [0, 0.05) is 11.3 Å². The Morgan fingerprint density at radius 3 is 2.17 bits per heavy atom. The second-order valence-electron chi connectivity index (χ2n) is 5.13. The van der Waals surface area contributed by atoms with Crippen LogP contribution >= 0.6 is 11.3 Å². The van der Waals surface area contributed by atoms with E-state index in [2.05, 4.69) is 5.32 Å². The van der Waals surface area contributed by atoms with E-state index in [-0.39, 0.29) is 11.4 Å². The van der Waals surface area contributed by atoms with Crippen molar-refractivity contribution >= 4 is 34.8 Å². The van der Waals surface area contributed by atoms with E-state index in [1.165, 1.54) is 11.3 Å². The number of hydrogen-bond acceptors (Lipinski definition) is 3. The van der Waals surface area contributed by atoms with E-state index in [0.717, 1.165) is 5.56 Å². The van der Waals surface area contributed by atoms with Gasteiger partial charge in [0.15, 0.2) is 5.78 Å². The molecular formula is C20H15NO2S. The van der Waals surface area contributed by atoms with Crippen molar-refractivity contribution in [3.8, 4) is 0 Å². The van der Waals surface area contributed by atoms with E-state index in [0.29, 0.717) is 11.3 Å². The molecule has 118 valence electrons. The molecule has 0 saturated carbocycles. The number of para-hydroxylation sites is 1. The number of hydrogen-bond donors (Lipinski definition) is 1. The molecule has 3 aromatic rings. The molecule has 0 aliphatic carbocycles. The molecule has 3 nitrogen and oxygen atoms in total. The highest BCUT2D eigenvalue weighted by Crippen LogP contribution is 2.17. The van der Waals surface area contributed by atoms with Crippen LogP contribution in [-0.2, 0) is 4.79 Å². The van der Waals surface area contributed by atoms with Gasteiger partial charge in [-0.25, -0.2) is 0 Å². The van der Waals surface area contributed by atoms with Crippen molar-refractivity contribution in [1.29, 1.82) is 0 Å². The molecule has 0 spiro atoms. The molecular weight excluding hydrogens is 318 g/mol. The van der Waals surface area contributed by atoms with Crippen molar-refractivity contribution in [2.24, 2.45) is 0 Å². The predicted octanol–water partition coefficient (Wildman–Crippen LogP) is 4.65. The third-order valence-electron chi connectivity index (χ3n) is 3.41. The quantitative estimate of drug-likeness (QED) is 0.320. The zero-order chi connectivity index (χ0) is 16.8. The standard InChI is InChI=1S/C20H15NO2S/c22-19(16-7-3-1-4-8-16)18(13-15-11-12-24-14-15)20(23)21-17-9-5-2-6-10-17/h1-14H,(H,21,23)/b18-13+. The van der Waals surface area contributed by atoms with Gasteiger partial charge in [-0.2, -0.15) is 11.3 Å². The summed E-state index contributed by atoms with van der Waals surface area (Å²) in [6, 6.07) is 19.8. The molecule has 0 unspecified atom stereocenters. The maximum atomic E-state index is 12.8. The summed E-state index contributed by atoms with van der Waals surface area (Å²) in [5.74, 6) is -0.712. The number of thiophene rings is 1. The van der Waals surface area contributed by atoms with E-state index < -0.39 is 5.91 Å². The first-order valence-corrected chi connectivity index (χ1v) is 8.38. The minimum absolute atomic E-state index is 0.114. The molecule has 3 rings (SSSR count). The molecule has 0 bridgehead atoms. The highest BCUT2D eigenvalue weighted by Gasteiger charge is 2.20. The molecule has 2 aromatic carbocycles. The van der Waals surface area contributed by atoms with Gasteiger partial charge in [-0.1, -0.05) is 48.5 Å². The molecule has 24 heavy (non-hydrogen) atoms. The van der Waals surface area contributed by atoms with Crippen LogP contribution in [0.3, 0.4) is 0 Å². The number of Topliss-reactive ketones (excluding diaryl/α,β-unsaturated/α-hetero) is 1. The van der Waals surface area contributed by atoms with Gasteiger partial charge in [0.05, 0.1) is 5.57 Å². The molecule has 1 N–H and O–H groups in total. The van der Waals surface area contributed by atoms with Crippen LogP contribution in [0, 0.1) is 0 Å². The minimum atomic E-state index is -0.416. The lowest BCUT2D eigenvalue weighted by Crippen LogP contribution is -2.20. The Hall–Kier alpha value is -2.98. The summed E-state index contributed by atoms with van der Waals surface area (Å²) in [6.07, 6.45) is 1.63. The minimum Gasteiger partial charge on any atom is -0.322 e. The number of nitrogens with one attached hydrogen (secondary N) is 1. The number of amides is 1. The Morgan fingerprint density at radius 1 is 0.875 bits per heavy atom. The van der Waals surface area contributed by atoms with E-state index in [4.69, 9.17) is 0 Å². The third kappa shape index (κ3) is 3.86. The molecule has 0 aliphatic heterocycles. The molecule has 0 atom stereocenters. The molecule has 0 saturated heterocycles. The maximum absolute atomic E-state index is 12.8. The summed E-state index contributed by atoms with van der Waals surface area (Å²) >= 11 is 1.52. The number of rotatable bonds is 5. The van der Waals surface area contributed by atoms with Gasteiger partial charge in [0.2, 0.25) is 0 Å². The second kappa shape index (κ2) is 7.53. The maximum Gasteiger partial charge on any atom is 0.259 e. The second-order valence-corrected chi connectivity index (χ2v) is 5.91. The SMILES string of the molecule is O=C(Nc1ccccc1)/C(=C/c1ccsc1)C(=O)c1ccccc1. The molecule has 1 amide bonds. The Bertz CT molecular complexity index is 853. The summed E-state index contributed by atoms with van der Waals surface area (Å²) < 4.78 is 0. The van der Waals surface area contributed by atoms with Crippen LogP contribution in [0.5, 0.6) is 0 Å². The lowest BCUT2D eigenvalue weighted by Gasteiger charge is -2.08. The fourth-order valence-electron chi connectivity index (χ4n) is 2.22. The summed E-state index contributed by atoms with van der Waals surface area (Å²) in [4.78, 5) is 25.4. The van der Waals surface area contributed by atoms with E-state index in [1.807, 2.05) is 41.1 Å².